The molecule has 4 aromatic rings. The normalized spacial score (nSPS) is 25.0. The van der Waals surface area contributed by atoms with Gasteiger partial charge >= 0.3 is 15.2 Å². The van der Waals surface area contributed by atoms with Crippen molar-refractivity contribution in [2.24, 2.45) is 0 Å². The fraction of sp³-hybridized carbons (Fsp3) is 0.346. The number of benzene rings is 2. The first-order valence-corrected chi connectivity index (χ1v) is 17.1. The van der Waals surface area contributed by atoms with Gasteiger partial charge in [0.2, 0.25) is 5.28 Å². The van der Waals surface area contributed by atoms with Gasteiger partial charge in [0, 0.05) is 13.1 Å². The largest absolute Gasteiger partial charge is 0.387 e. The summed E-state index contributed by atoms with van der Waals surface area (Å²) in [6, 6.07) is 20.3. The fourth-order valence-electron chi connectivity index (χ4n) is 5.64. The van der Waals surface area contributed by atoms with Gasteiger partial charge in [-0.25, -0.2) is 4.98 Å². The van der Waals surface area contributed by atoms with Crippen molar-refractivity contribution in [3.05, 3.63) is 83.4 Å². The van der Waals surface area contributed by atoms with Crippen molar-refractivity contribution in [1.29, 1.82) is 0 Å². The Morgan fingerprint density at radius 2 is 1.56 bits per heavy atom. The zero-order valence-corrected chi connectivity index (χ0v) is 24.9. The quantitative estimate of drug-likeness (QED) is 0.130. The number of aliphatic hydroxyl groups is 2. The van der Waals surface area contributed by atoms with E-state index >= 15 is 0 Å². The first-order chi connectivity index (χ1) is 20.4. The molecule has 5 atom stereocenters. The van der Waals surface area contributed by atoms with Crippen LogP contribution >= 0.6 is 26.8 Å². The van der Waals surface area contributed by atoms with Gasteiger partial charge in [0.05, 0.1) is 18.3 Å². The molecule has 2 aromatic carbocycles. The highest BCUT2D eigenvalue weighted by Gasteiger charge is 2.48. The van der Waals surface area contributed by atoms with E-state index in [1.165, 1.54) is 10.9 Å². The summed E-state index contributed by atoms with van der Waals surface area (Å²) >= 11 is 6.35. The predicted octanol–water partition coefficient (Wildman–Crippen LogP) is 2.24. The Morgan fingerprint density at radius 3 is 2.14 bits per heavy atom. The number of nitrogens with zero attached hydrogens (tertiary/aromatic N) is 5. The predicted molar refractivity (Wildman–Crippen MR) is 155 cm³/mol. The number of ether oxygens (including phenoxy) is 1. The zero-order chi connectivity index (χ0) is 30.6. The van der Waals surface area contributed by atoms with E-state index in [2.05, 4.69) is 39.2 Å². The Hall–Kier alpha value is -2.74. The number of aromatic nitrogens is 4. The molecule has 14 nitrogen and oxygen atoms in total. The molecule has 2 saturated heterocycles. The molecule has 228 valence electrons. The smallest absolute Gasteiger partial charge is 0.340 e. The third-order valence-electron chi connectivity index (χ3n) is 7.66. The first kappa shape index (κ1) is 30.3. The molecule has 4 heterocycles. The molecule has 2 aliphatic heterocycles. The van der Waals surface area contributed by atoms with Crippen LogP contribution < -0.4 is 4.90 Å². The Morgan fingerprint density at radius 1 is 0.953 bits per heavy atom. The minimum Gasteiger partial charge on any atom is -0.387 e. The Balaban J connectivity index is 1.26. The van der Waals surface area contributed by atoms with E-state index in [1.54, 1.807) is 0 Å². The Bertz CT molecular complexity index is 1680. The highest BCUT2D eigenvalue weighted by molar-refractivity contribution is 7.70. The summed E-state index contributed by atoms with van der Waals surface area (Å²) in [5.41, 5.74) is 2.60. The van der Waals surface area contributed by atoms with Gasteiger partial charge in [0.1, 0.15) is 18.3 Å². The van der Waals surface area contributed by atoms with E-state index in [0.29, 0.717) is 24.4 Å². The van der Waals surface area contributed by atoms with Gasteiger partial charge in [-0.05, 0) is 22.7 Å². The number of rotatable bonds is 9. The molecule has 5 N–H and O–H groups in total. The van der Waals surface area contributed by atoms with Gasteiger partial charge < -0.3 is 39.1 Å². The molecule has 0 aliphatic carbocycles. The average molecular weight is 652 g/mol. The third kappa shape index (κ3) is 5.88. The second-order valence-electron chi connectivity index (χ2n) is 10.6. The van der Waals surface area contributed by atoms with Crippen molar-refractivity contribution in [2.75, 3.05) is 30.5 Å². The number of fused-ring (bicyclic) bond motifs is 1. The molecule has 2 aliphatic rings. The molecule has 3 unspecified atom stereocenters. The minimum absolute atomic E-state index is 0.0762. The number of hydrogen-bond donors (Lipinski definition) is 5. The summed E-state index contributed by atoms with van der Waals surface area (Å²) < 4.78 is 35.1. The highest BCUT2D eigenvalue weighted by Crippen LogP contribution is 2.55. The highest BCUT2D eigenvalue weighted by atomic mass is 35.5. The van der Waals surface area contributed by atoms with Crippen LogP contribution in [0.15, 0.2) is 67.0 Å². The van der Waals surface area contributed by atoms with Crippen LogP contribution in [0.5, 0.6) is 0 Å². The number of aliphatic hydroxyl groups excluding tert-OH is 2. The summed E-state index contributed by atoms with van der Waals surface area (Å²) in [5, 5.41) is 21.3. The second kappa shape index (κ2) is 11.3. The number of imidazole rings is 1. The van der Waals surface area contributed by atoms with Crippen LogP contribution in [-0.2, 0) is 23.8 Å². The lowest BCUT2D eigenvalue weighted by Gasteiger charge is -2.51. The summed E-state index contributed by atoms with van der Waals surface area (Å²) in [7, 11) is -9.56. The monoisotopic (exact) mass is 651 g/mol. The second-order valence-corrected chi connectivity index (χ2v) is 14.9. The van der Waals surface area contributed by atoms with Crippen molar-refractivity contribution < 1.29 is 43.3 Å². The van der Waals surface area contributed by atoms with Gasteiger partial charge in [-0.2, -0.15) is 9.97 Å². The van der Waals surface area contributed by atoms with Gasteiger partial charge in [-0.1, -0.05) is 60.7 Å². The van der Waals surface area contributed by atoms with E-state index in [1.807, 2.05) is 41.3 Å². The molecule has 17 heteroatoms. The minimum atomic E-state index is -4.85. The van der Waals surface area contributed by atoms with Crippen LogP contribution in [0.25, 0.3) is 11.2 Å². The molecule has 0 amide bonds. The summed E-state index contributed by atoms with van der Waals surface area (Å²) in [4.78, 5) is 43.0. The Labute approximate surface area is 250 Å². The van der Waals surface area contributed by atoms with E-state index < -0.39 is 52.2 Å². The summed E-state index contributed by atoms with van der Waals surface area (Å²) in [6.07, 6.45) is -4.29. The van der Waals surface area contributed by atoms with Gasteiger partial charge in [0.15, 0.2) is 29.1 Å². The molecular formula is C26H28ClN5O9P2. The lowest BCUT2D eigenvalue weighted by Crippen LogP contribution is -2.60. The van der Waals surface area contributed by atoms with Gasteiger partial charge in [-0.3, -0.25) is 13.7 Å². The molecule has 6 rings (SSSR count). The first-order valence-electron chi connectivity index (χ1n) is 13.2. The van der Waals surface area contributed by atoms with Crippen molar-refractivity contribution in [3.63, 3.8) is 0 Å². The summed E-state index contributed by atoms with van der Waals surface area (Å²) in [5.74, 6) is -0.923. The maximum atomic E-state index is 12.0. The lowest BCUT2D eigenvalue weighted by atomic mass is 9.68. The number of anilines is 1. The number of halogens is 1. The van der Waals surface area contributed by atoms with Crippen molar-refractivity contribution in [3.8, 4) is 0 Å². The molecule has 2 fully saturated rings. The average Bonchev–Trinajstić information content (AvgIpc) is 3.47. The summed E-state index contributed by atoms with van der Waals surface area (Å²) in [6.45, 7) is 0.435. The maximum absolute atomic E-state index is 12.0. The van der Waals surface area contributed by atoms with Crippen molar-refractivity contribution in [1.82, 2.24) is 19.5 Å². The Kier molecular flexibility index (Phi) is 7.97. The standard InChI is InChI=1S/C26H28ClN5O9P2/c27-25-29-22(31-12-26(13-31,16-7-3-1-4-8-16)17-9-5-2-6-10-17)19-23(30-25)32(14-28-19)24-21(34)20(33)18(41-24)11-40-43(38,39)15-42(35,36)37/h1-10,14,18,20-21,24,33-34H,11-13,15H2,(H,38,39)(H2,35,36,37)/t18-,20?,21?,24-/m1/s1. The van der Waals surface area contributed by atoms with E-state index in [0.717, 1.165) is 11.1 Å². The van der Waals surface area contributed by atoms with Crippen LogP contribution in [0.3, 0.4) is 0 Å². The van der Waals surface area contributed by atoms with Crippen molar-refractivity contribution in [2.45, 2.75) is 30.0 Å². The van der Waals surface area contributed by atoms with Crippen LogP contribution in [-0.4, -0.2) is 88.3 Å². The van der Waals surface area contributed by atoms with Crippen LogP contribution in [0.1, 0.15) is 17.4 Å². The fourth-order valence-corrected chi connectivity index (χ4v) is 8.37. The van der Waals surface area contributed by atoms with Gasteiger partial charge in [0.25, 0.3) is 0 Å². The van der Waals surface area contributed by atoms with E-state index in [-0.39, 0.29) is 16.3 Å². The molecule has 0 bridgehead atoms. The van der Waals surface area contributed by atoms with Crippen LogP contribution in [0, 0.1) is 0 Å². The van der Waals surface area contributed by atoms with E-state index in [9.17, 15) is 24.2 Å². The van der Waals surface area contributed by atoms with E-state index in [4.69, 9.17) is 30.6 Å². The zero-order valence-electron chi connectivity index (χ0n) is 22.4. The molecular weight excluding hydrogens is 624 g/mol. The van der Waals surface area contributed by atoms with Crippen molar-refractivity contribution >= 4 is 43.8 Å². The van der Waals surface area contributed by atoms with Crippen LogP contribution in [0.4, 0.5) is 5.82 Å². The molecule has 0 saturated carbocycles. The maximum Gasteiger partial charge on any atom is 0.340 e. The SMILES string of the molecule is O=P(O)(O)CP(=O)(O)OC[C@H]1O[C@@H](n2cnc3c(N4CC(c5ccccc5)(c5ccccc5)C4)nc(Cl)nc32)C(O)C1O. The molecule has 0 spiro atoms. The molecule has 0 radical (unpaired) electrons. The van der Waals surface area contributed by atoms with Crippen LogP contribution in [0.2, 0.25) is 5.28 Å². The third-order valence-corrected chi connectivity index (χ3v) is 11.3. The molecule has 2 aromatic heterocycles. The van der Waals surface area contributed by atoms with Gasteiger partial charge in [-0.15, -0.1) is 0 Å². The molecule has 43 heavy (non-hydrogen) atoms. The lowest BCUT2D eigenvalue weighted by molar-refractivity contribution is -0.0483. The number of hydrogen-bond acceptors (Lipinski definition) is 10. The topological polar surface area (TPSA) is 201 Å².